The van der Waals surface area contributed by atoms with Crippen molar-refractivity contribution in [1.29, 1.82) is 0 Å². The van der Waals surface area contributed by atoms with E-state index in [1.807, 2.05) is 26.0 Å². The van der Waals surface area contributed by atoms with Crippen LogP contribution >= 0.6 is 15.9 Å². The Morgan fingerprint density at radius 3 is 2.40 bits per heavy atom. The van der Waals surface area contributed by atoms with Gasteiger partial charge >= 0.3 is 0 Å². The van der Waals surface area contributed by atoms with Gasteiger partial charge in [-0.2, -0.15) is 0 Å². The van der Waals surface area contributed by atoms with Gasteiger partial charge in [0.25, 0.3) is 5.91 Å². The van der Waals surface area contributed by atoms with Crippen LogP contribution in [0, 0.1) is 0 Å². The van der Waals surface area contributed by atoms with Gasteiger partial charge in [-0.3, -0.25) is 4.79 Å². The van der Waals surface area contributed by atoms with Crippen molar-refractivity contribution in [3.05, 3.63) is 29.8 Å². The third kappa shape index (κ3) is 5.51. The van der Waals surface area contributed by atoms with E-state index < -0.39 is 0 Å². The molecule has 112 valence electrons. The highest BCUT2D eigenvalue weighted by Gasteiger charge is 2.15. The Morgan fingerprint density at radius 2 is 1.90 bits per heavy atom. The Balaban J connectivity index is 2.62. The minimum absolute atomic E-state index is 0.0124. The summed E-state index contributed by atoms with van der Waals surface area (Å²) in [6.45, 7) is 5.10. The molecule has 0 aliphatic heterocycles. The molecular weight excluding hydrogens is 322 g/mol. The second-order valence-corrected chi connectivity index (χ2v) is 6.22. The van der Waals surface area contributed by atoms with E-state index in [1.165, 1.54) is 0 Å². The number of ether oxygens (including phenoxy) is 2. The molecule has 4 nitrogen and oxygen atoms in total. The van der Waals surface area contributed by atoms with Gasteiger partial charge in [0, 0.05) is 26.3 Å². The maximum absolute atomic E-state index is 12.2. The van der Waals surface area contributed by atoms with Crippen LogP contribution < -0.4 is 4.74 Å². The number of benzene rings is 1. The Labute approximate surface area is 129 Å². The van der Waals surface area contributed by atoms with E-state index in [2.05, 4.69) is 15.9 Å². The van der Waals surface area contributed by atoms with E-state index in [0.29, 0.717) is 18.7 Å². The largest absolute Gasteiger partial charge is 0.491 e. The number of rotatable bonds is 7. The summed E-state index contributed by atoms with van der Waals surface area (Å²) in [5.41, 5.74) is 0.653. The summed E-state index contributed by atoms with van der Waals surface area (Å²) in [6.07, 6.45) is 0.127. The van der Waals surface area contributed by atoms with E-state index in [-0.39, 0.29) is 16.8 Å². The first-order chi connectivity index (χ1) is 9.43. The van der Waals surface area contributed by atoms with Crippen LogP contribution in [-0.4, -0.2) is 49.0 Å². The van der Waals surface area contributed by atoms with Crippen molar-refractivity contribution in [2.24, 2.45) is 0 Å². The van der Waals surface area contributed by atoms with Gasteiger partial charge in [0.15, 0.2) is 0 Å². The van der Waals surface area contributed by atoms with Crippen LogP contribution in [0.1, 0.15) is 24.2 Å². The molecule has 1 aromatic carbocycles. The highest BCUT2D eigenvalue weighted by atomic mass is 79.9. The van der Waals surface area contributed by atoms with Crippen molar-refractivity contribution in [3.8, 4) is 5.75 Å². The number of hydrogen-bond donors (Lipinski definition) is 0. The first-order valence-corrected chi connectivity index (χ1v) is 7.50. The molecule has 0 radical (unpaired) electrons. The maximum atomic E-state index is 12.2. The van der Waals surface area contributed by atoms with E-state index >= 15 is 0 Å². The standard InChI is InChI=1S/C15H22BrNO3/c1-11(2)20-14-7-5-12(6-8-14)15(18)17(3)9-13(16)10-19-4/h5-8,11,13H,9-10H2,1-4H3. The zero-order valence-electron chi connectivity index (χ0n) is 12.4. The van der Waals surface area contributed by atoms with Crippen LogP contribution in [0.25, 0.3) is 0 Å². The van der Waals surface area contributed by atoms with Crippen LogP contribution in [0.2, 0.25) is 0 Å². The molecule has 1 rings (SSSR count). The number of alkyl halides is 1. The van der Waals surface area contributed by atoms with Crippen molar-refractivity contribution >= 4 is 21.8 Å². The van der Waals surface area contributed by atoms with E-state index in [4.69, 9.17) is 9.47 Å². The van der Waals surface area contributed by atoms with Gasteiger partial charge < -0.3 is 14.4 Å². The zero-order chi connectivity index (χ0) is 15.1. The molecule has 0 fully saturated rings. The SMILES string of the molecule is COCC(Br)CN(C)C(=O)c1ccc(OC(C)C)cc1. The minimum atomic E-state index is -0.0124. The Hall–Kier alpha value is -1.07. The molecule has 0 N–H and O–H groups in total. The lowest BCUT2D eigenvalue weighted by atomic mass is 10.2. The first-order valence-electron chi connectivity index (χ1n) is 6.59. The number of carbonyl (C=O) groups excluding carboxylic acids is 1. The molecule has 1 amide bonds. The summed E-state index contributed by atoms with van der Waals surface area (Å²) < 4.78 is 10.6. The van der Waals surface area contributed by atoms with Crippen LogP contribution in [0.3, 0.4) is 0 Å². The topological polar surface area (TPSA) is 38.8 Å². The number of hydrogen-bond acceptors (Lipinski definition) is 3. The minimum Gasteiger partial charge on any atom is -0.491 e. The molecule has 20 heavy (non-hydrogen) atoms. The fraction of sp³-hybridized carbons (Fsp3) is 0.533. The average Bonchev–Trinajstić information content (AvgIpc) is 2.38. The zero-order valence-corrected chi connectivity index (χ0v) is 14.0. The van der Waals surface area contributed by atoms with Gasteiger partial charge in [-0.1, -0.05) is 15.9 Å². The fourth-order valence-electron chi connectivity index (χ4n) is 1.78. The number of halogens is 1. The lowest BCUT2D eigenvalue weighted by Gasteiger charge is -2.20. The predicted molar refractivity (Wildman–Crippen MR) is 83.8 cm³/mol. The van der Waals surface area contributed by atoms with Gasteiger partial charge in [-0.15, -0.1) is 0 Å². The van der Waals surface area contributed by atoms with E-state index in [9.17, 15) is 4.79 Å². The van der Waals surface area contributed by atoms with Gasteiger partial charge in [0.05, 0.1) is 17.5 Å². The smallest absolute Gasteiger partial charge is 0.253 e. The summed E-state index contributed by atoms with van der Waals surface area (Å²) in [5.74, 6) is 0.763. The van der Waals surface area contributed by atoms with Crippen molar-refractivity contribution in [2.45, 2.75) is 24.8 Å². The molecule has 0 aromatic heterocycles. The molecule has 5 heteroatoms. The summed E-state index contributed by atoms with van der Waals surface area (Å²) in [6, 6.07) is 7.22. The molecule has 0 saturated heterocycles. The average molecular weight is 344 g/mol. The van der Waals surface area contributed by atoms with Crippen molar-refractivity contribution in [3.63, 3.8) is 0 Å². The van der Waals surface area contributed by atoms with Gasteiger partial charge in [-0.05, 0) is 38.1 Å². The maximum Gasteiger partial charge on any atom is 0.253 e. The highest BCUT2D eigenvalue weighted by molar-refractivity contribution is 9.09. The van der Waals surface area contributed by atoms with E-state index in [0.717, 1.165) is 5.75 Å². The van der Waals surface area contributed by atoms with E-state index in [1.54, 1.807) is 31.2 Å². The van der Waals surface area contributed by atoms with Crippen LogP contribution in [0.5, 0.6) is 5.75 Å². The second kappa shape index (κ2) is 8.27. The van der Waals surface area contributed by atoms with Gasteiger partial charge in [0.2, 0.25) is 0 Å². The highest BCUT2D eigenvalue weighted by Crippen LogP contribution is 2.15. The Kier molecular flexibility index (Phi) is 7.02. The molecule has 1 atom stereocenters. The summed E-state index contributed by atoms with van der Waals surface area (Å²) >= 11 is 3.48. The normalized spacial score (nSPS) is 12.3. The molecule has 0 bridgehead atoms. The molecule has 1 aromatic rings. The molecule has 1 unspecified atom stereocenters. The fourth-order valence-corrected chi connectivity index (χ4v) is 2.48. The second-order valence-electron chi connectivity index (χ2n) is 4.93. The van der Waals surface area contributed by atoms with Gasteiger partial charge in [0.1, 0.15) is 5.75 Å². The van der Waals surface area contributed by atoms with Crippen LogP contribution in [0.15, 0.2) is 24.3 Å². The lowest BCUT2D eigenvalue weighted by molar-refractivity contribution is 0.0784. The Morgan fingerprint density at radius 1 is 1.30 bits per heavy atom. The van der Waals surface area contributed by atoms with Crippen molar-refractivity contribution in [1.82, 2.24) is 4.90 Å². The first kappa shape index (κ1) is 17.0. The molecular formula is C15H22BrNO3. The quantitative estimate of drug-likeness (QED) is 0.714. The molecule has 0 spiro atoms. The van der Waals surface area contributed by atoms with Crippen molar-refractivity contribution in [2.75, 3.05) is 27.3 Å². The molecule has 0 heterocycles. The van der Waals surface area contributed by atoms with Crippen LogP contribution in [0.4, 0.5) is 0 Å². The summed E-state index contributed by atoms with van der Waals surface area (Å²) in [7, 11) is 3.42. The monoisotopic (exact) mass is 343 g/mol. The molecule has 0 saturated carbocycles. The third-order valence-electron chi connectivity index (χ3n) is 2.64. The summed E-state index contributed by atoms with van der Waals surface area (Å²) in [5, 5.41) is 0. The number of nitrogens with zero attached hydrogens (tertiary/aromatic N) is 1. The number of amides is 1. The predicted octanol–water partition coefficient (Wildman–Crippen LogP) is 2.96. The molecule has 0 aliphatic carbocycles. The Bertz CT molecular complexity index is 420. The number of methoxy groups -OCH3 is 1. The molecule has 0 aliphatic rings. The van der Waals surface area contributed by atoms with Crippen molar-refractivity contribution < 1.29 is 14.3 Å². The summed E-state index contributed by atoms with van der Waals surface area (Å²) in [4.78, 5) is 14.0. The lowest BCUT2D eigenvalue weighted by Crippen LogP contribution is -2.33. The number of carbonyl (C=O) groups is 1. The van der Waals surface area contributed by atoms with Gasteiger partial charge in [-0.25, -0.2) is 0 Å². The van der Waals surface area contributed by atoms with Crippen LogP contribution in [-0.2, 0) is 4.74 Å². The third-order valence-corrected chi connectivity index (χ3v) is 3.19.